The third kappa shape index (κ3) is 3.22. The van der Waals surface area contributed by atoms with Crippen molar-refractivity contribution in [2.75, 3.05) is 6.54 Å². The van der Waals surface area contributed by atoms with Crippen molar-refractivity contribution in [2.24, 2.45) is 5.92 Å². The van der Waals surface area contributed by atoms with Gasteiger partial charge in [0.05, 0.1) is 12.1 Å². The van der Waals surface area contributed by atoms with Crippen LogP contribution in [0.5, 0.6) is 0 Å². The van der Waals surface area contributed by atoms with Crippen LogP contribution in [-0.2, 0) is 0 Å². The molecule has 7 nitrogen and oxygen atoms in total. The molecule has 0 saturated heterocycles. The van der Waals surface area contributed by atoms with E-state index in [9.17, 15) is 0 Å². The van der Waals surface area contributed by atoms with Crippen LogP contribution in [0.3, 0.4) is 0 Å². The molecule has 0 aliphatic carbocycles. The predicted octanol–water partition coefficient (Wildman–Crippen LogP) is 1.98. The Bertz CT molecular complexity index is 507. The second kappa shape index (κ2) is 6.60. The molecule has 2 atom stereocenters. The van der Waals surface area contributed by atoms with Gasteiger partial charge in [-0.15, -0.1) is 0 Å². The van der Waals surface area contributed by atoms with Crippen LogP contribution in [-0.4, -0.2) is 38.1 Å². The minimum Gasteiger partial charge on any atom is -0.339 e. The van der Waals surface area contributed by atoms with Crippen molar-refractivity contribution < 1.29 is 4.52 Å². The maximum atomic E-state index is 5.43. The van der Waals surface area contributed by atoms with Crippen LogP contribution in [0.1, 0.15) is 45.9 Å². The van der Waals surface area contributed by atoms with E-state index in [1.807, 2.05) is 0 Å². The summed E-state index contributed by atoms with van der Waals surface area (Å²) in [5, 5.41) is 17.7. The smallest absolute Gasteiger partial charge is 0.231 e. The first-order chi connectivity index (χ1) is 9.63. The molecule has 0 spiro atoms. The van der Waals surface area contributed by atoms with Crippen LogP contribution in [0.4, 0.5) is 0 Å². The molecule has 2 rings (SSSR count). The molecule has 0 aliphatic rings. The molecule has 0 bridgehead atoms. The van der Waals surface area contributed by atoms with E-state index in [0.717, 1.165) is 13.0 Å². The lowest BCUT2D eigenvalue weighted by Gasteiger charge is -2.24. The first-order valence-electron chi connectivity index (χ1n) is 7.06. The third-order valence-electron chi connectivity index (χ3n) is 3.34. The molecular formula is C13H22N6O. The highest BCUT2D eigenvalue weighted by atomic mass is 16.5. The number of aromatic amines is 1. The molecule has 0 radical (unpaired) electrons. The highest BCUT2D eigenvalue weighted by Crippen LogP contribution is 2.28. The summed E-state index contributed by atoms with van der Waals surface area (Å²) in [6.45, 7) is 9.61. The topological polar surface area (TPSA) is 92.5 Å². The van der Waals surface area contributed by atoms with Gasteiger partial charge in [-0.2, -0.15) is 20.4 Å². The lowest BCUT2D eigenvalue weighted by atomic mass is 9.89. The maximum Gasteiger partial charge on any atom is 0.231 e. The highest BCUT2D eigenvalue weighted by molar-refractivity contribution is 5.44. The number of nitrogens with zero attached hydrogens (tertiary/aromatic N) is 4. The monoisotopic (exact) mass is 278 g/mol. The Hall–Kier alpha value is -1.76. The van der Waals surface area contributed by atoms with E-state index in [0.29, 0.717) is 23.3 Å². The SMILES string of the molecule is CCCNC(C)C(c1nc(-c2cn[nH]n2)no1)C(C)C. The van der Waals surface area contributed by atoms with Gasteiger partial charge in [0.15, 0.2) is 5.69 Å². The third-order valence-corrected chi connectivity index (χ3v) is 3.34. The van der Waals surface area contributed by atoms with Gasteiger partial charge in [-0.25, -0.2) is 0 Å². The maximum absolute atomic E-state index is 5.43. The first-order valence-corrected chi connectivity index (χ1v) is 7.06. The second-order valence-electron chi connectivity index (χ2n) is 5.32. The van der Waals surface area contributed by atoms with E-state index in [2.05, 4.69) is 58.6 Å². The molecule has 110 valence electrons. The van der Waals surface area contributed by atoms with E-state index >= 15 is 0 Å². The van der Waals surface area contributed by atoms with Gasteiger partial charge in [0.25, 0.3) is 0 Å². The van der Waals surface area contributed by atoms with Crippen LogP contribution in [0.25, 0.3) is 11.5 Å². The van der Waals surface area contributed by atoms with E-state index in [1.165, 1.54) is 0 Å². The summed E-state index contributed by atoms with van der Waals surface area (Å²) >= 11 is 0. The lowest BCUT2D eigenvalue weighted by molar-refractivity contribution is 0.280. The molecule has 2 unspecified atom stereocenters. The zero-order chi connectivity index (χ0) is 14.5. The van der Waals surface area contributed by atoms with Gasteiger partial charge in [-0.3, -0.25) is 0 Å². The molecular weight excluding hydrogens is 256 g/mol. The molecule has 0 aliphatic heterocycles. The minimum absolute atomic E-state index is 0.176. The van der Waals surface area contributed by atoms with Gasteiger partial charge < -0.3 is 9.84 Å². The molecule has 0 saturated carbocycles. The minimum atomic E-state index is 0.176. The quantitative estimate of drug-likeness (QED) is 0.804. The summed E-state index contributed by atoms with van der Waals surface area (Å²) in [5.41, 5.74) is 0.594. The zero-order valence-electron chi connectivity index (χ0n) is 12.4. The molecule has 20 heavy (non-hydrogen) atoms. The van der Waals surface area contributed by atoms with Crippen molar-refractivity contribution in [1.82, 2.24) is 30.9 Å². The number of hydrogen-bond acceptors (Lipinski definition) is 6. The first kappa shape index (κ1) is 14.6. The van der Waals surface area contributed by atoms with Gasteiger partial charge in [-0.1, -0.05) is 25.9 Å². The van der Waals surface area contributed by atoms with E-state index in [1.54, 1.807) is 6.20 Å². The fraction of sp³-hybridized carbons (Fsp3) is 0.692. The molecule has 0 amide bonds. The second-order valence-corrected chi connectivity index (χ2v) is 5.32. The summed E-state index contributed by atoms with van der Waals surface area (Å²) < 4.78 is 5.43. The molecule has 2 N–H and O–H groups in total. The van der Waals surface area contributed by atoms with Gasteiger partial charge in [0, 0.05) is 6.04 Å². The van der Waals surface area contributed by atoms with Crippen LogP contribution in [0, 0.1) is 5.92 Å². The van der Waals surface area contributed by atoms with E-state index < -0.39 is 0 Å². The van der Waals surface area contributed by atoms with Crippen LogP contribution in [0.2, 0.25) is 0 Å². The molecule has 2 heterocycles. The summed E-state index contributed by atoms with van der Waals surface area (Å²) in [6, 6.07) is 0.278. The van der Waals surface area contributed by atoms with Crippen LogP contribution < -0.4 is 5.32 Å². The summed E-state index contributed by atoms with van der Waals surface area (Å²) in [4.78, 5) is 4.46. The highest BCUT2D eigenvalue weighted by Gasteiger charge is 2.28. The van der Waals surface area contributed by atoms with Crippen LogP contribution >= 0.6 is 0 Å². The fourth-order valence-corrected chi connectivity index (χ4v) is 2.36. The summed E-state index contributed by atoms with van der Waals surface area (Å²) in [7, 11) is 0. The molecule has 7 heteroatoms. The molecule has 0 aromatic carbocycles. The zero-order valence-corrected chi connectivity index (χ0v) is 12.4. The Balaban J connectivity index is 2.17. The average molecular weight is 278 g/mol. The normalized spacial score (nSPS) is 14.7. The Kier molecular flexibility index (Phi) is 4.84. The Morgan fingerprint density at radius 1 is 1.35 bits per heavy atom. The van der Waals surface area contributed by atoms with Gasteiger partial charge in [0.1, 0.15) is 0 Å². The van der Waals surface area contributed by atoms with Gasteiger partial charge >= 0.3 is 0 Å². The van der Waals surface area contributed by atoms with Crippen molar-refractivity contribution in [1.29, 1.82) is 0 Å². The van der Waals surface area contributed by atoms with Gasteiger partial charge in [-0.05, 0) is 25.8 Å². The van der Waals surface area contributed by atoms with Gasteiger partial charge in [0.2, 0.25) is 11.7 Å². The van der Waals surface area contributed by atoms with Crippen molar-refractivity contribution >= 4 is 0 Å². The van der Waals surface area contributed by atoms with Crippen molar-refractivity contribution in [3.05, 3.63) is 12.1 Å². The number of hydrogen-bond donors (Lipinski definition) is 2. The average Bonchev–Trinajstić information content (AvgIpc) is 3.06. The molecule has 0 fully saturated rings. The molecule has 2 aromatic heterocycles. The van der Waals surface area contributed by atoms with E-state index in [4.69, 9.17) is 4.52 Å². The number of nitrogens with one attached hydrogen (secondary N) is 2. The largest absolute Gasteiger partial charge is 0.339 e. The Labute approximate surface area is 118 Å². The molecule has 2 aromatic rings. The number of H-pyrrole nitrogens is 1. The standard InChI is InChI=1S/C13H22N6O/c1-5-6-14-9(4)11(8(2)3)13-16-12(18-20-13)10-7-15-19-17-10/h7-9,11,14H,5-6H2,1-4H3,(H,15,17,19). The predicted molar refractivity (Wildman–Crippen MR) is 75.0 cm³/mol. The summed E-state index contributed by atoms with van der Waals surface area (Å²) in [6.07, 6.45) is 2.68. The number of aromatic nitrogens is 5. The number of rotatable bonds is 7. The Morgan fingerprint density at radius 2 is 2.15 bits per heavy atom. The Morgan fingerprint density at radius 3 is 2.75 bits per heavy atom. The summed E-state index contributed by atoms with van der Waals surface area (Å²) in [5.74, 6) is 1.70. The fourth-order valence-electron chi connectivity index (χ4n) is 2.36. The van der Waals surface area contributed by atoms with Crippen molar-refractivity contribution in [2.45, 2.75) is 46.1 Å². The van der Waals surface area contributed by atoms with Crippen molar-refractivity contribution in [3.63, 3.8) is 0 Å². The van der Waals surface area contributed by atoms with E-state index in [-0.39, 0.29) is 12.0 Å². The van der Waals surface area contributed by atoms with Crippen molar-refractivity contribution in [3.8, 4) is 11.5 Å². The lowest BCUT2D eigenvalue weighted by Crippen LogP contribution is -2.35. The van der Waals surface area contributed by atoms with Crippen LogP contribution in [0.15, 0.2) is 10.7 Å².